The van der Waals surface area contributed by atoms with Gasteiger partial charge in [-0.3, -0.25) is 4.79 Å². The summed E-state index contributed by atoms with van der Waals surface area (Å²) in [5.74, 6) is 0.881. The van der Waals surface area contributed by atoms with Crippen LogP contribution in [0.2, 0.25) is 0 Å². The Labute approximate surface area is 159 Å². The van der Waals surface area contributed by atoms with Crippen LogP contribution in [0.15, 0.2) is 66.3 Å². The Morgan fingerprint density at radius 1 is 1.19 bits per heavy atom. The van der Waals surface area contributed by atoms with Gasteiger partial charge >= 0.3 is 0 Å². The fourth-order valence-electron chi connectivity index (χ4n) is 2.39. The highest BCUT2D eigenvalue weighted by Crippen LogP contribution is 2.28. The van der Waals surface area contributed by atoms with E-state index in [1.807, 2.05) is 43.3 Å². The quantitative estimate of drug-likeness (QED) is 0.396. The van der Waals surface area contributed by atoms with E-state index in [1.54, 1.807) is 18.2 Å². The van der Waals surface area contributed by atoms with Crippen LogP contribution in [-0.2, 0) is 9.53 Å². The first-order valence-electron chi connectivity index (χ1n) is 8.60. The zero-order valence-corrected chi connectivity index (χ0v) is 15.6. The highest BCUT2D eigenvalue weighted by Gasteiger charge is 2.19. The molecule has 27 heavy (non-hydrogen) atoms. The number of rotatable bonds is 10. The van der Waals surface area contributed by atoms with Crippen LogP contribution >= 0.6 is 0 Å². The van der Waals surface area contributed by atoms with Crippen molar-refractivity contribution in [2.45, 2.75) is 13.0 Å². The lowest BCUT2D eigenvalue weighted by Crippen LogP contribution is -2.26. The molecular formula is C21H24N2O4. The van der Waals surface area contributed by atoms with E-state index < -0.39 is 6.10 Å². The second-order valence-corrected chi connectivity index (χ2v) is 5.50. The van der Waals surface area contributed by atoms with Crippen LogP contribution in [0.3, 0.4) is 0 Å². The van der Waals surface area contributed by atoms with Crippen molar-refractivity contribution < 1.29 is 19.0 Å². The molecule has 6 nitrogen and oxygen atoms in total. The van der Waals surface area contributed by atoms with E-state index in [-0.39, 0.29) is 5.91 Å². The summed E-state index contributed by atoms with van der Waals surface area (Å²) in [4.78, 5) is 12.3. The summed E-state index contributed by atoms with van der Waals surface area (Å²) in [7, 11) is 1.48. The number of nitrogens with zero attached hydrogens (tertiary/aromatic N) is 1. The second-order valence-electron chi connectivity index (χ2n) is 5.50. The molecule has 2 rings (SSSR count). The summed E-state index contributed by atoms with van der Waals surface area (Å²) in [5.41, 5.74) is 4.02. The number of nitrogens with one attached hydrogen (secondary N) is 1. The van der Waals surface area contributed by atoms with E-state index in [0.29, 0.717) is 24.7 Å². The van der Waals surface area contributed by atoms with Crippen LogP contribution in [0.25, 0.3) is 0 Å². The van der Waals surface area contributed by atoms with Gasteiger partial charge in [-0.1, -0.05) is 43.0 Å². The molecule has 0 spiro atoms. The van der Waals surface area contributed by atoms with Crippen molar-refractivity contribution in [1.29, 1.82) is 0 Å². The van der Waals surface area contributed by atoms with E-state index in [1.165, 1.54) is 13.3 Å². The molecule has 1 amide bonds. The molecule has 0 aliphatic heterocycles. The minimum atomic E-state index is -0.725. The van der Waals surface area contributed by atoms with E-state index >= 15 is 0 Å². The Morgan fingerprint density at radius 3 is 2.63 bits per heavy atom. The van der Waals surface area contributed by atoms with Gasteiger partial charge in [0.15, 0.2) is 17.6 Å². The Kier molecular flexibility index (Phi) is 8.06. The summed E-state index contributed by atoms with van der Waals surface area (Å²) in [5, 5.41) is 4.01. The van der Waals surface area contributed by atoms with Crippen LogP contribution in [0.4, 0.5) is 0 Å². The summed E-state index contributed by atoms with van der Waals surface area (Å²) in [6.07, 6.45) is 2.48. The lowest BCUT2D eigenvalue weighted by atomic mass is 10.1. The smallest absolute Gasteiger partial charge is 0.273 e. The topological polar surface area (TPSA) is 69.2 Å². The predicted molar refractivity (Wildman–Crippen MR) is 105 cm³/mol. The van der Waals surface area contributed by atoms with Crippen LogP contribution in [0, 0.1) is 0 Å². The zero-order valence-electron chi connectivity index (χ0n) is 15.6. The number of ether oxygens (including phenoxy) is 3. The van der Waals surface area contributed by atoms with Crippen molar-refractivity contribution in [2.24, 2.45) is 5.10 Å². The van der Waals surface area contributed by atoms with Crippen molar-refractivity contribution >= 4 is 12.1 Å². The first-order valence-corrected chi connectivity index (χ1v) is 8.60. The number of hydrogen-bond acceptors (Lipinski definition) is 5. The average molecular weight is 368 g/mol. The van der Waals surface area contributed by atoms with Crippen molar-refractivity contribution in [2.75, 3.05) is 20.3 Å². The Balaban J connectivity index is 2.05. The number of carbonyl (C=O) groups excluding carboxylic acids is 1. The molecule has 0 aliphatic carbocycles. The third-order valence-corrected chi connectivity index (χ3v) is 3.59. The second kappa shape index (κ2) is 10.8. The summed E-state index contributed by atoms with van der Waals surface area (Å²) >= 11 is 0. The SMILES string of the molecule is C=CCOc1ccc(C=NNC(=O)C(OC)c2ccccc2)cc1OCC. The zero-order chi connectivity index (χ0) is 19.5. The molecule has 2 aromatic rings. The number of hydrogen-bond donors (Lipinski definition) is 1. The number of hydrazone groups is 1. The highest BCUT2D eigenvalue weighted by atomic mass is 16.5. The first-order chi connectivity index (χ1) is 13.2. The molecule has 6 heteroatoms. The van der Waals surface area contributed by atoms with Gasteiger partial charge in [0, 0.05) is 7.11 Å². The van der Waals surface area contributed by atoms with Gasteiger partial charge in [0.1, 0.15) is 6.61 Å². The molecule has 1 N–H and O–H groups in total. The molecule has 142 valence electrons. The Morgan fingerprint density at radius 2 is 1.96 bits per heavy atom. The molecular weight excluding hydrogens is 344 g/mol. The van der Waals surface area contributed by atoms with Gasteiger partial charge in [0.05, 0.1) is 12.8 Å². The van der Waals surface area contributed by atoms with Crippen LogP contribution in [0.1, 0.15) is 24.2 Å². The van der Waals surface area contributed by atoms with Crippen molar-refractivity contribution in [3.05, 3.63) is 72.3 Å². The van der Waals surface area contributed by atoms with E-state index in [4.69, 9.17) is 14.2 Å². The van der Waals surface area contributed by atoms with Crippen LogP contribution < -0.4 is 14.9 Å². The molecule has 0 radical (unpaired) electrons. The Hall–Kier alpha value is -3.12. The lowest BCUT2D eigenvalue weighted by molar-refractivity contribution is -0.131. The molecule has 2 aromatic carbocycles. The first kappa shape index (κ1) is 20.2. The van der Waals surface area contributed by atoms with Crippen molar-refractivity contribution in [1.82, 2.24) is 5.43 Å². The van der Waals surface area contributed by atoms with Gasteiger partial charge in [-0.25, -0.2) is 5.43 Å². The molecule has 1 atom stereocenters. The van der Waals surface area contributed by atoms with Gasteiger partial charge in [-0.2, -0.15) is 5.10 Å². The normalized spacial score (nSPS) is 11.8. The van der Waals surface area contributed by atoms with Crippen LogP contribution in [-0.4, -0.2) is 32.4 Å². The Bertz CT molecular complexity index is 775. The number of methoxy groups -OCH3 is 1. The largest absolute Gasteiger partial charge is 0.490 e. The summed E-state index contributed by atoms with van der Waals surface area (Å²) < 4.78 is 16.4. The maximum absolute atomic E-state index is 12.3. The number of carbonyl (C=O) groups is 1. The minimum Gasteiger partial charge on any atom is -0.490 e. The van der Waals surface area contributed by atoms with Gasteiger partial charge in [0.2, 0.25) is 0 Å². The van der Waals surface area contributed by atoms with Crippen molar-refractivity contribution in [3.63, 3.8) is 0 Å². The van der Waals surface area contributed by atoms with Gasteiger partial charge in [-0.15, -0.1) is 0 Å². The van der Waals surface area contributed by atoms with Gasteiger partial charge in [-0.05, 0) is 36.2 Å². The summed E-state index contributed by atoms with van der Waals surface area (Å²) in [6.45, 7) is 6.43. The van der Waals surface area contributed by atoms with Gasteiger partial charge < -0.3 is 14.2 Å². The van der Waals surface area contributed by atoms with E-state index in [2.05, 4.69) is 17.1 Å². The predicted octanol–water partition coefficient (Wildman–Crippen LogP) is 3.49. The molecule has 0 heterocycles. The van der Waals surface area contributed by atoms with E-state index in [9.17, 15) is 4.79 Å². The number of benzene rings is 2. The summed E-state index contributed by atoms with van der Waals surface area (Å²) in [6, 6.07) is 14.6. The third-order valence-electron chi connectivity index (χ3n) is 3.59. The highest BCUT2D eigenvalue weighted by molar-refractivity contribution is 5.85. The average Bonchev–Trinajstić information content (AvgIpc) is 2.69. The standard InChI is InChI=1S/C21H24N2O4/c1-4-13-27-18-12-11-16(14-19(18)26-5-2)15-22-23-21(24)20(25-3)17-9-7-6-8-10-17/h4,6-12,14-15,20H,1,5,13H2,2-3H3,(H,23,24). The minimum absolute atomic E-state index is 0.351. The molecule has 0 bridgehead atoms. The van der Waals surface area contributed by atoms with E-state index in [0.717, 1.165) is 11.1 Å². The van der Waals surface area contributed by atoms with Crippen LogP contribution in [0.5, 0.6) is 11.5 Å². The molecule has 0 saturated carbocycles. The molecule has 0 aliphatic rings. The lowest BCUT2D eigenvalue weighted by Gasteiger charge is -2.13. The molecule has 0 aromatic heterocycles. The monoisotopic (exact) mass is 368 g/mol. The fraction of sp³-hybridized carbons (Fsp3) is 0.238. The maximum Gasteiger partial charge on any atom is 0.273 e. The fourth-order valence-corrected chi connectivity index (χ4v) is 2.39. The van der Waals surface area contributed by atoms with Gasteiger partial charge in [0.25, 0.3) is 5.91 Å². The van der Waals surface area contributed by atoms with Crippen molar-refractivity contribution in [3.8, 4) is 11.5 Å². The molecule has 0 saturated heterocycles. The molecule has 1 unspecified atom stereocenters. The molecule has 0 fully saturated rings. The maximum atomic E-state index is 12.3. The third kappa shape index (κ3) is 5.97. The number of amides is 1.